The number of Topliss-reactive ketones (excluding diaryl/α,β-unsaturated/α-hetero) is 1. The van der Waals surface area contributed by atoms with E-state index in [1.165, 1.54) is 0 Å². The third-order valence-corrected chi connectivity index (χ3v) is 5.92. The van der Waals surface area contributed by atoms with Gasteiger partial charge in [0, 0.05) is 22.9 Å². The number of hydrogen-bond acceptors (Lipinski definition) is 3. The number of hydrogen-bond donors (Lipinski definition) is 0. The Hall–Kier alpha value is -1.71. The highest BCUT2D eigenvalue weighted by Gasteiger charge is 2.14. The smallest absolute Gasteiger partial charge is 0.139 e. The fraction of sp³-hybridized carbons (Fsp3) is 0.480. The lowest BCUT2D eigenvalue weighted by Gasteiger charge is -2.16. The number of aryl methyl sites for hydroxylation is 2. The van der Waals surface area contributed by atoms with Gasteiger partial charge in [0.15, 0.2) is 0 Å². The van der Waals surface area contributed by atoms with Crippen molar-refractivity contribution in [1.29, 1.82) is 0 Å². The number of ketones is 1. The lowest BCUT2D eigenvalue weighted by Crippen LogP contribution is -2.12. The molecule has 0 saturated carbocycles. The van der Waals surface area contributed by atoms with Crippen molar-refractivity contribution in [2.24, 2.45) is 0 Å². The predicted octanol–water partition coefficient (Wildman–Crippen LogP) is 7.66. The van der Waals surface area contributed by atoms with Crippen LogP contribution in [0.25, 0.3) is 0 Å². The van der Waals surface area contributed by atoms with Crippen LogP contribution in [0, 0.1) is 13.8 Å². The van der Waals surface area contributed by atoms with Gasteiger partial charge < -0.3 is 9.47 Å². The predicted molar refractivity (Wildman–Crippen MR) is 126 cm³/mol. The van der Waals surface area contributed by atoms with Crippen LogP contribution in [0.4, 0.5) is 0 Å². The summed E-state index contributed by atoms with van der Waals surface area (Å²) >= 11 is 12.5. The van der Waals surface area contributed by atoms with E-state index < -0.39 is 0 Å². The first kappa shape index (κ1) is 24.6. The minimum absolute atomic E-state index is 0.114. The molecular weight excluding hydrogens is 419 g/mol. The van der Waals surface area contributed by atoms with E-state index in [1.807, 2.05) is 38.1 Å². The first-order valence-corrected chi connectivity index (χ1v) is 11.2. The van der Waals surface area contributed by atoms with Crippen molar-refractivity contribution >= 4 is 29.0 Å². The molecule has 30 heavy (non-hydrogen) atoms. The average molecular weight is 451 g/mol. The second-order valence-corrected chi connectivity index (χ2v) is 9.14. The van der Waals surface area contributed by atoms with Crippen LogP contribution in [-0.4, -0.2) is 19.0 Å². The van der Waals surface area contributed by atoms with Crippen LogP contribution < -0.4 is 9.47 Å². The molecule has 2 rings (SSSR count). The SMILES string of the molecule is Cc1cc(OCCC(=O)CCOc2cc(C)c(Cl)cc2C(C)C)c(C(C)C)cc1Cl. The van der Waals surface area contributed by atoms with E-state index in [2.05, 4.69) is 27.7 Å². The lowest BCUT2D eigenvalue weighted by molar-refractivity contribution is -0.120. The lowest BCUT2D eigenvalue weighted by atomic mass is 10.0. The Morgan fingerprint density at radius 1 is 0.767 bits per heavy atom. The molecular formula is C25H32Cl2O3. The van der Waals surface area contributed by atoms with Crippen molar-refractivity contribution in [3.05, 3.63) is 56.6 Å². The highest BCUT2D eigenvalue weighted by atomic mass is 35.5. The molecule has 0 aromatic heterocycles. The van der Waals surface area contributed by atoms with Gasteiger partial charge in [-0.15, -0.1) is 0 Å². The van der Waals surface area contributed by atoms with Crippen LogP contribution in [0.5, 0.6) is 11.5 Å². The second kappa shape index (κ2) is 11.1. The minimum atomic E-state index is 0.114. The normalized spacial score (nSPS) is 11.3. The van der Waals surface area contributed by atoms with Gasteiger partial charge in [-0.1, -0.05) is 50.9 Å². The number of carbonyl (C=O) groups excluding carboxylic acids is 1. The highest BCUT2D eigenvalue weighted by molar-refractivity contribution is 6.31. The van der Waals surface area contributed by atoms with Crippen LogP contribution >= 0.6 is 23.2 Å². The molecule has 0 atom stereocenters. The van der Waals surface area contributed by atoms with Crippen molar-refractivity contribution in [2.45, 2.75) is 66.2 Å². The van der Waals surface area contributed by atoms with Gasteiger partial charge in [0.1, 0.15) is 17.3 Å². The van der Waals surface area contributed by atoms with E-state index >= 15 is 0 Å². The first-order valence-electron chi connectivity index (χ1n) is 10.5. The van der Waals surface area contributed by atoms with Crippen molar-refractivity contribution in [3.8, 4) is 11.5 Å². The maximum Gasteiger partial charge on any atom is 0.139 e. The maximum absolute atomic E-state index is 12.3. The highest BCUT2D eigenvalue weighted by Crippen LogP contribution is 2.33. The topological polar surface area (TPSA) is 35.5 Å². The van der Waals surface area contributed by atoms with E-state index in [0.29, 0.717) is 37.9 Å². The summed E-state index contributed by atoms with van der Waals surface area (Å²) in [4.78, 5) is 12.3. The first-order chi connectivity index (χ1) is 14.1. The molecule has 164 valence electrons. The van der Waals surface area contributed by atoms with E-state index in [9.17, 15) is 4.79 Å². The zero-order chi connectivity index (χ0) is 22.4. The monoisotopic (exact) mass is 450 g/mol. The van der Waals surface area contributed by atoms with E-state index in [1.54, 1.807) is 0 Å². The van der Waals surface area contributed by atoms with Gasteiger partial charge in [-0.25, -0.2) is 0 Å². The fourth-order valence-corrected chi connectivity index (χ4v) is 3.51. The summed E-state index contributed by atoms with van der Waals surface area (Å²) in [6.45, 7) is 13.0. The van der Waals surface area contributed by atoms with E-state index in [4.69, 9.17) is 32.7 Å². The average Bonchev–Trinajstić information content (AvgIpc) is 2.66. The molecule has 0 saturated heterocycles. The molecule has 3 nitrogen and oxygen atoms in total. The summed E-state index contributed by atoms with van der Waals surface area (Å²) in [6.07, 6.45) is 0.693. The molecule has 2 aromatic rings. The van der Waals surface area contributed by atoms with Gasteiger partial charge in [-0.05, 0) is 72.2 Å². The molecule has 2 aromatic carbocycles. The Balaban J connectivity index is 1.87. The van der Waals surface area contributed by atoms with Gasteiger partial charge in [0.2, 0.25) is 0 Å². The van der Waals surface area contributed by atoms with Crippen molar-refractivity contribution in [2.75, 3.05) is 13.2 Å². The molecule has 0 unspecified atom stereocenters. The summed E-state index contributed by atoms with van der Waals surface area (Å²) in [7, 11) is 0. The van der Waals surface area contributed by atoms with Crippen LogP contribution in [0.1, 0.15) is 74.6 Å². The van der Waals surface area contributed by atoms with Gasteiger partial charge in [0.05, 0.1) is 13.2 Å². The molecule has 0 heterocycles. The van der Waals surface area contributed by atoms with Gasteiger partial charge >= 0.3 is 0 Å². The van der Waals surface area contributed by atoms with Crippen molar-refractivity contribution in [1.82, 2.24) is 0 Å². The summed E-state index contributed by atoms with van der Waals surface area (Å²) in [6, 6.07) is 7.79. The summed E-state index contributed by atoms with van der Waals surface area (Å²) in [5.41, 5.74) is 4.05. The van der Waals surface area contributed by atoms with Gasteiger partial charge in [0.25, 0.3) is 0 Å². The molecule has 0 aliphatic carbocycles. The number of carbonyl (C=O) groups is 1. The van der Waals surface area contributed by atoms with Crippen LogP contribution in [0.15, 0.2) is 24.3 Å². The zero-order valence-electron chi connectivity index (χ0n) is 18.8. The molecule has 0 amide bonds. The zero-order valence-corrected chi connectivity index (χ0v) is 20.3. The Kier molecular flexibility index (Phi) is 9.06. The van der Waals surface area contributed by atoms with E-state index in [0.717, 1.165) is 43.8 Å². The molecule has 0 fully saturated rings. The molecule has 0 N–H and O–H groups in total. The largest absolute Gasteiger partial charge is 0.493 e. The molecule has 0 aliphatic heterocycles. The summed E-state index contributed by atoms with van der Waals surface area (Å²) in [5.74, 6) is 2.30. The Morgan fingerprint density at radius 3 is 1.47 bits per heavy atom. The fourth-order valence-electron chi connectivity index (χ4n) is 3.17. The van der Waals surface area contributed by atoms with Crippen LogP contribution in [0.2, 0.25) is 10.0 Å². The number of ether oxygens (including phenoxy) is 2. The van der Waals surface area contributed by atoms with Gasteiger partial charge in [-0.2, -0.15) is 0 Å². The third-order valence-electron chi connectivity index (χ3n) is 5.10. The Labute approximate surface area is 190 Å². The molecule has 0 radical (unpaired) electrons. The number of halogens is 2. The molecule has 5 heteroatoms. The summed E-state index contributed by atoms with van der Waals surface area (Å²) < 4.78 is 11.8. The van der Waals surface area contributed by atoms with Crippen LogP contribution in [-0.2, 0) is 4.79 Å². The quantitative estimate of drug-likeness (QED) is 0.372. The molecule has 0 spiro atoms. The van der Waals surface area contributed by atoms with E-state index in [-0.39, 0.29) is 5.78 Å². The van der Waals surface area contributed by atoms with Crippen molar-refractivity contribution < 1.29 is 14.3 Å². The maximum atomic E-state index is 12.3. The van der Waals surface area contributed by atoms with Crippen molar-refractivity contribution in [3.63, 3.8) is 0 Å². The van der Waals surface area contributed by atoms with Crippen LogP contribution in [0.3, 0.4) is 0 Å². The van der Waals surface area contributed by atoms with Gasteiger partial charge in [-0.3, -0.25) is 4.79 Å². The third kappa shape index (κ3) is 6.65. The molecule has 0 aliphatic rings. The number of benzene rings is 2. The standard InChI is InChI=1S/C25H32Cl2O3/c1-15(2)20-13-22(26)17(5)11-24(20)29-9-7-19(28)8-10-30-25-12-18(6)23(27)14-21(25)16(3)4/h11-16H,7-10H2,1-6H3. The Bertz CT molecular complexity index is 817. The summed E-state index contributed by atoms with van der Waals surface area (Å²) in [5, 5.41) is 1.47. The number of rotatable bonds is 10. The minimum Gasteiger partial charge on any atom is -0.493 e. The second-order valence-electron chi connectivity index (χ2n) is 8.32. The molecule has 0 bridgehead atoms. The Morgan fingerprint density at radius 2 is 1.13 bits per heavy atom.